The summed E-state index contributed by atoms with van der Waals surface area (Å²) < 4.78 is 0. The van der Waals surface area contributed by atoms with Gasteiger partial charge in [0.2, 0.25) is 0 Å². The number of benzene rings is 1. The molecule has 0 aromatic heterocycles. The Balaban J connectivity index is 1.98. The standard InChI is InChI=1S/C18H26N4/c1-15-6-4-7-16(2)22(15)20-14-17-8-10-18(11-9-17)21(3)13-5-12-19/h8-11,14-16H,4-7,13H2,1-3H3/b20-14-/t15-,16-/m0/s1. The molecule has 0 spiro atoms. The quantitative estimate of drug-likeness (QED) is 0.780. The molecule has 0 aliphatic carbocycles. The van der Waals surface area contributed by atoms with Crippen LogP contribution in [-0.4, -0.2) is 36.9 Å². The molecule has 0 N–H and O–H groups in total. The van der Waals surface area contributed by atoms with Gasteiger partial charge in [-0.3, -0.25) is 5.01 Å². The number of anilines is 1. The summed E-state index contributed by atoms with van der Waals surface area (Å²) in [5, 5.41) is 15.6. The van der Waals surface area contributed by atoms with Crippen LogP contribution in [0.5, 0.6) is 0 Å². The van der Waals surface area contributed by atoms with Gasteiger partial charge in [-0.2, -0.15) is 10.4 Å². The van der Waals surface area contributed by atoms with Crippen molar-refractivity contribution in [3.8, 4) is 6.07 Å². The molecule has 1 heterocycles. The Kier molecular flexibility index (Phi) is 5.83. The number of hydrogen-bond acceptors (Lipinski definition) is 4. The fourth-order valence-electron chi connectivity index (χ4n) is 2.93. The first-order valence-electron chi connectivity index (χ1n) is 8.12. The van der Waals surface area contributed by atoms with Crippen molar-refractivity contribution in [2.24, 2.45) is 5.10 Å². The average molecular weight is 298 g/mol. The van der Waals surface area contributed by atoms with E-state index in [1.54, 1.807) is 0 Å². The Bertz CT molecular complexity index is 519. The van der Waals surface area contributed by atoms with Crippen molar-refractivity contribution in [1.29, 1.82) is 5.26 Å². The molecular weight excluding hydrogens is 272 g/mol. The van der Waals surface area contributed by atoms with Crippen molar-refractivity contribution in [1.82, 2.24) is 5.01 Å². The van der Waals surface area contributed by atoms with Gasteiger partial charge in [-0.05, 0) is 50.8 Å². The fourth-order valence-corrected chi connectivity index (χ4v) is 2.93. The van der Waals surface area contributed by atoms with Crippen molar-refractivity contribution in [3.63, 3.8) is 0 Å². The van der Waals surface area contributed by atoms with Crippen LogP contribution in [0.3, 0.4) is 0 Å². The second kappa shape index (κ2) is 7.84. The molecule has 1 aromatic carbocycles. The van der Waals surface area contributed by atoms with Gasteiger partial charge in [-0.1, -0.05) is 12.1 Å². The number of hydrazone groups is 1. The maximum absolute atomic E-state index is 8.64. The van der Waals surface area contributed by atoms with Crippen molar-refractivity contribution in [3.05, 3.63) is 29.8 Å². The number of rotatable bonds is 5. The Morgan fingerprint density at radius 2 is 1.91 bits per heavy atom. The van der Waals surface area contributed by atoms with Crippen molar-refractivity contribution >= 4 is 11.9 Å². The molecular formula is C18H26N4. The molecule has 4 nitrogen and oxygen atoms in total. The third kappa shape index (κ3) is 4.24. The SMILES string of the molecule is C[C@H]1CCC[C@H](C)N1/N=C\c1ccc(N(C)CCC#N)cc1. The van der Waals surface area contributed by atoms with Crippen LogP contribution in [0.25, 0.3) is 0 Å². The van der Waals surface area contributed by atoms with Crippen LogP contribution in [0.1, 0.15) is 45.1 Å². The summed E-state index contributed by atoms with van der Waals surface area (Å²) in [6.07, 6.45) is 6.26. The van der Waals surface area contributed by atoms with Gasteiger partial charge in [-0.15, -0.1) is 0 Å². The van der Waals surface area contributed by atoms with E-state index in [2.05, 4.69) is 54.1 Å². The molecule has 4 heteroatoms. The third-order valence-corrected chi connectivity index (χ3v) is 4.38. The minimum atomic E-state index is 0.524. The Labute approximate surface area is 134 Å². The number of piperidine rings is 1. The van der Waals surface area contributed by atoms with E-state index in [9.17, 15) is 0 Å². The van der Waals surface area contributed by atoms with Gasteiger partial charge in [0.15, 0.2) is 0 Å². The minimum Gasteiger partial charge on any atom is -0.374 e. The van der Waals surface area contributed by atoms with E-state index >= 15 is 0 Å². The smallest absolute Gasteiger partial charge is 0.0640 e. The molecule has 1 saturated heterocycles. The van der Waals surface area contributed by atoms with Gasteiger partial charge in [0.05, 0.1) is 18.7 Å². The summed E-state index contributed by atoms with van der Waals surface area (Å²) in [6.45, 7) is 5.26. The van der Waals surface area contributed by atoms with Crippen LogP contribution in [0, 0.1) is 11.3 Å². The zero-order valence-corrected chi connectivity index (χ0v) is 13.9. The highest BCUT2D eigenvalue weighted by molar-refractivity contribution is 5.80. The first-order valence-corrected chi connectivity index (χ1v) is 8.12. The molecule has 1 aliphatic rings. The lowest BCUT2D eigenvalue weighted by molar-refractivity contribution is 0.109. The van der Waals surface area contributed by atoms with Crippen LogP contribution in [0.15, 0.2) is 29.4 Å². The second-order valence-corrected chi connectivity index (χ2v) is 6.17. The molecule has 22 heavy (non-hydrogen) atoms. The van der Waals surface area contributed by atoms with Gasteiger partial charge in [0.1, 0.15) is 0 Å². The molecule has 2 rings (SSSR count). The molecule has 0 amide bonds. The molecule has 2 atom stereocenters. The van der Waals surface area contributed by atoms with Crippen LogP contribution in [0.2, 0.25) is 0 Å². The Morgan fingerprint density at radius 3 is 2.50 bits per heavy atom. The summed E-state index contributed by atoms with van der Waals surface area (Å²) in [6, 6.07) is 11.6. The van der Waals surface area contributed by atoms with Crippen LogP contribution < -0.4 is 4.90 Å². The van der Waals surface area contributed by atoms with Crippen molar-refractivity contribution < 1.29 is 0 Å². The summed E-state index contributed by atoms with van der Waals surface area (Å²) in [7, 11) is 2.01. The normalized spacial score (nSPS) is 21.8. The number of hydrogen-bond donors (Lipinski definition) is 0. The van der Waals surface area contributed by atoms with Crippen LogP contribution in [0.4, 0.5) is 5.69 Å². The highest BCUT2D eigenvalue weighted by atomic mass is 15.5. The van der Waals surface area contributed by atoms with E-state index in [4.69, 9.17) is 10.4 Å². The molecule has 0 saturated carbocycles. The highest BCUT2D eigenvalue weighted by Crippen LogP contribution is 2.22. The molecule has 1 fully saturated rings. The maximum Gasteiger partial charge on any atom is 0.0640 e. The summed E-state index contributed by atoms with van der Waals surface area (Å²) in [5.41, 5.74) is 2.24. The Morgan fingerprint density at radius 1 is 1.27 bits per heavy atom. The van der Waals surface area contributed by atoms with Gasteiger partial charge in [0.25, 0.3) is 0 Å². The third-order valence-electron chi connectivity index (χ3n) is 4.38. The molecule has 1 aliphatic heterocycles. The maximum atomic E-state index is 8.64. The zero-order valence-electron chi connectivity index (χ0n) is 13.9. The number of nitrogens with zero attached hydrogens (tertiary/aromatic N) is 4. The first kappa shape index (κ1) is 16.4. The lowest BCUT2D eigenvalue weighted by Gasteiger charge is -2.36. The van der Waals surface area contributed by atoms with Gasteiger partial charge in [0, 0.05) is 31.4 Å². The van der Waals surface area contributed by atoms with Gasteiger partial charge < -0.3 is 4.90 Å². The lowest BCUT2D eigenvalue weighted by Crippen LogP contribution is -2.39. The highest BCUT2D eigenvalue weighted by Gasteiger charge is 2.22. The molecule has 0 radical (unpaired) electrons. The van der Waals surface area contributed by atoms with E-state index in [0.29, 0.717) is 18.5 Å². The van der Waals surface area contributed by atoms with E-state index in [1.165, 1.54) is 19.3 Å². The predicted molar refractivity (Wildman–Crippen MR) is 92.2 cm³/mol. The van der Waals surface area contributed by atoms with Gasteiger partial charge >= 0.3 is 0 Å². The molecule has 118 valence electrons. The van der Waals surface area contributed by atoms with Crippen molar-refractivity contribution in [2.75, 3.05) is 18.5 Å². The van der Waals surface area contributed by atoms with Crippen LogP contribution >= 0.6 is 0 Å². The number of nitriles is 1. The van der Waals surface area contributed by atoms with E-state index < -0.39 is 0 Å². The molecule has 0 bridgehead atoms. The summed E-state index contributed by atoms with van der Waals surface area (Å²) in [4.78, 5) is 2.10. The first-order chi connectivity index (χ1) is 10.6. The predicted octanol–water partition coefficient (Wildman–Crippen LogP) is 3.63. The van der Waals surface area contributed by atoms with Gasteiger partial charge in [-0.25, -0.2) is 0 Å². The minimum absolute atomic E-state index is 0.524. The fraction of sp³-hybridized carbons (Fsp3) is 0.556. The second-order valence-electron chi connectivity index (χ2n) is 6.17. The Hall–Kier alpha value is -2.02. The van der Waals surface area contributed by atoms with E-state index in [-0.39, 0.29) is 0 Å². The van der Waals surface area contributed by atoms with E-state index in [1.807, 2.05) is 13.3 Å². The topological polar surface area (TPSA) is 42.6 Å². The van der Waals surface area contributed by atoms with E-state index in [0.717, 1.165) is 17.8 Å². The van der Waals surface area contributed by atoms with Crippen molar-refractivity contribution in [2.45, 2.75) is 51.6 Å². The lowest BCUT2D eigenvalue weighted by atomic mass is 10.00. The average Bonchev–Trinajstić information content (AvgIpc) is 2.52. The summed E-state index contributed by atoms with van der Waals surface area (Å²) >= 11 is 0. The van der Waals surface area contributed by atoms with Crippen LogP contribution in [-0.2, 0) is 0 Å². The summed E-state index contributed by atoms with van der Waals surface area (Å²) in [5.74, 6) is 0. The largest absolute Gasteiger partial charge is 0.374 e. The monoisotopic (exact) mass is 298 g/mol. The molecule has 0 unspecified atom stereocenters. The molecule has 1 aromatic rings. The zero-order chi connectivity index (χ0) is 15.9.